The van der Waals surface area contributed by atoms with Crippen LogP contribution in [-0.4, -0.2) is 22.9 Å². The van der Waals surface area contributed by atoms with E-state index in [9.17, 15) is 4.39 Å². The van der Waals surface area contributed by atoms with Gasteiger partial charge in [-0.3, -0.25) is 0 Å². The summed E-state index contributed by atoms with van der Waals surface area (Å²) in [5, 5.41) is 1.03. The summed E-state index contributed by atoms with van der Waals surface area (Å²) in [7, 11) is -0.955. The van der Waals surface area contributed by atoms with Crippen molar-refractivity contribution in [1.29, 1.82) is 0 Å². The third kappa shape index (κ3) is 2.72. The van der Waals surface area contributed by atoms with Crippen molar-refractivity contribution in [2.75, 3.05) is 0 Å². The van der Waals surface area contributed by atoms with Crippen molar-refractivity contribution in [3.8, 4) is 0 Å². The van der Waals surface area contributed by atoms with Crippen LogP contribution in [0.1, 0.15) is 40.2 Å². The summed E-state index contributed by atoms with van der Waals surface area (Å²) >= 11 is 0. The lowest BCUT2D eigenvalue weighted by Crippen LogP contribution is -2.41. The quantitative estimate of drug-likeness (QED) is 0.773. The highest BCUT2D eigenvalue weighted by atomic mass is 19.1. The summed E-state index contributed by atoms with van der Waals surface area (Å²) in [6.07, 6.45) is 3.49. The minimum absolute atomic E-state index is 0.400. The first-order valence-electron chi connectivity index (χ1n) is 8.06. The molecule has 0 unspecified atom stereocenters. The number of benzene rings is 1. The fourth-order valence-electron chi connectivity index (χ4n) is 2.82. The number of aromatic nitrogens is 1. The number of nitrogens with zero attached hydrogens (tertiary/aromatic N) is 1. The van der Waals surface area contributed by atoms with Crippen molar-refractivity contribution >= 4 is 24.1 Å². The van der Waals surface area contributed by atoms with E-state index < -0.39 is 24.0 Å². The van der Waals surface area contributed by atoms with E-state index in [1.54, 1.807) is 0 Å². The van der Waals surface area contributed by atoms with Crippen LogP contribution in [0.4, 0.5) is 4.39 Å². The zero-order valence-electron chi connectivity index (χ0n) is 14.4. The standard InChI is InChI=1S/C18H23BFNO2/c1-6-21-12-13(14-9-7-8-10-15(14)21)11-16(20)19-22-17(2,3)18(4,5)23-19/h7-12H,6H2,1-5H3. The topological polar surface area (TPSA) is 23.4 Å². The van der Waals surface area contributed by atoms with E-state index in [4.69, 9.17) is 9.31 Å². The number of para-hydroxylation sites is 1. The second kappa shape index (κ2) is 5.50. The summed E-state index contributed by atoms with van der Waals surface area (Å²) < 4.78 is 28.4. The van der Waals surface area contributed by atoms with Crippen molar-refractivity contribution in [2.24, 2.45) is 0 Å². The number of halogens is 1. The van der Waals surface area contributed by atoms with E-state index in [1.807, 2.05) is 58.2 Å². The van der Waals surface area contributed by atoms with Gasteiger partial charge in [-0.2, -0.15) is 0 Å². The minimum atomic E-state index is -0.955. The second-order valence-electron chi connectivity index (χ2n) is 7.01. The van der Waals surface area contributed by atoms with Gasteiger partial charge in [0.1, 0.15) is 5.73 Å². The molecule has 1 aromatic heterocycles. The van der Waals surface area contributed by atoms with Gasteiger partial charge < -0.3 is 13.9 Å². The molecule has 0 spiro atoms. The lowest BCUT2D eigenvalue weighted by atomic mass is 9.87. The van der Waals surface area contributed by atoms with E-state index in [0.29, 0.717) is 0 Å². The maximum Gasteiger partial charge on any atom is 0.525 e. The highest BCUT2D eigenvalue weighted by Gasteiger charge is 2.53. The number of fused-ring (bicyclic) bond motifs is 1. The first-order chi connectivity index (χ1) is 10.7. The lowest BCUT2D eigenvalue weighted by Gasteiger charge is -2.32. The summed E-state index contributed by atoms with van der Waals surface area (Å²) in [6.45, 7) is 10.6. The Hall–Kier alpha value is -1.59. The van der Waals surface area contributed by atoms with Crippen molar-refractivity contribution in [2.45, 2.75) is 52.4 Å². The largest absolute Gasteiger partial charge is 0.525 e. The molecule has 0 amide bonds. The second-order valence-corrected chi connectivity index (χ2v) is 7.01. The summed E-state index contributed by atoms with van der Waals surface area (Å²) in [5.41, 5.74) is 0.459. The molecule has 1 fully saturated rings. The molecular weight excluding hydrogens is 292 g/mol. The Bertz CT molecular complexity index is 747. The molecule has 0 radical (unpaired) electrons. The van der Waals surface area contributed by atoms with Gasteiger partial charge in [0, 0.05) is 29.2 Å². The molecule has 1 aliphatic rings. The van der Waals surface area contributed by atoms with E-state index in [1.165, 1.54) is 6.08 Å². The maximum atomic E-state index is 14.7. The lowest BCUT2D eigenvalue weighted by molar-refractivity contribution is 0.00578. The van der Waals surface area contributed by atoms with Crippen LogP contribution in [0.25, 0.3) is 17.0 Å². The third-order valence-electron chi connectivity index (χ3n) is 4.93. The Balaban J connectivity index is 1.97. The number of rotatable bonds is 3. The average molecular weight is 315 g/mol. The summed E-state index contributed by atoms with van der Waals surface area (Å²) in [5.74, 6) is 0. The van der Waals surface area contributed by atoms with Crippen molar-refractivity contribution in [3.63, 3.8) is 0 Å². The molecule has 0 N–H and O–H groups in total. The summed E-state index contributed by atoms with van der Waals surface area (Å²) in [6, 6.07) is 8.01. The molecule has 2 heterocycles. The molecule has 1 saturated heterocycles. The predicted octanol–water partition coefficient (Wildman–Crippen LogP) is 4.60. The molecule has 3 nitrogen and oxygen atoms in total. The van der Waals surface area contributed by atoms with Gasteiger partial charge in [0.2, 0.25) is 0 Å². The molecule has 3 rings (SSSR count). The van der Waals surface area contributed by atoms with Crippen molar-refractivity contribution < 1.29 is 13.7 Å². The monoisotopic (exact) mass is 315 g/mol. The van der Waals surface area contributed by atoms with Gasteiger partial charge in [-0.1, -0.05) is 18.2 Å². The van der Waals surface area contributed by atoms with Crippen LogP contribution in [0.5, 0.6) is 0 Å². The van der Waals surface area contributed by atoms with Crippen LogP contribution in [0.3, 0.4) is 0 Å². The molecule has 1 aromatic carbocycles. The fourth-order valence-corrected chi connectivity index (χ4v) is 2.82. The van der Waals surface area contributed by atoms with Crippen LogP contribution in [0, 0.1) is 0 Å². The van der Waals surface area contributed by atoms with Crippen LogP contribution in [-0.2, 0) is 15.9 Å². The fraction of sp³-hybridized carbons (Fsp3) is 0.444. The Morgan fingerprint density at radius 2 is 1.78 bits per heavy atom. The van der Waals surface area contributed by atoms with Gasteiger partial charge in [0.15, 0.2) is 0 Å². The first-order valence-corrected chi connectivity index (χ1v) is 8.06. The summed E-state index contributed by atoms with van der Waals surface area (Å²) in [4.78, 5) is 0. The molecule has 122 valence electrons. The Kier molecular flexibility index (Phi) is 3.89. The van der Waals surface area contributed by atoms with E-state index in [-0.39, 0.29) is 0 Å². The van der Waals surface area contributed by atoms with Crippen LogP contribution in [0.15, 0.2) is 36.2 Å². The van der Waals surface area contributed by atoms with E-state index in [0.717, 1.165) is 23.0 Å². The van der Waals surface area contributed by atoms with Gasteiger partial charge in [0.05, 0.1) is 11.2 Å². The number of hydrogen-bond donors (Lipinski definition) is 0. The van der Waals surface area contributed by atoms with Gasteiger partial charge in [0.25, 0.3) is 0 Å². The molecule has 2 aromatic rings. The molecule has 5 heteroatoms. The molecule has 1 aliphatic heterocycles. The normalized spacial score (nSPS) is 20.4. The average Bonchev–Trinajstić information content (AvgIpc) is 2.94. The highest BCUT2D eigenvalue weighted by molar-refractivity contribution is 6.54. The Labute approximate surface area is 137 Å². The smallest absolute Gasteiger partial charge is 0.398 e. The number of hydrogen-bond acceptors (Lipinski definition) is 2. The molecule has 0 atom stereocenters. The maximum absolute atomic E-state index is 14.7. The van der Waals surface area contributed by atoms with Crippen LogP contribution < -0.4 is 0 Å². The van der Waals surface area contributed by atoms with E-state index in [2.05, 4.69) is 11.5 Å². The molecule has 0 bridgehead atoms. The van der Waals surface area contributed by atoms with E-state index >= 15 is 0 Å². The zero-order chi connectivity index (χ0) is 16.8. The molecule has 0 aliphatic carbocycles. The number of aryl methyl sites for hydroxylation is 1. The Morgan fingerprint density at radius 3 is 2.39 bits per heavy atom. The van der Waals surface area contributed by atoms with Crippen molar-refractivity contribution in [3.05, 3.63) is 41.8 Å². The minimum Gasteiger partial charge on any atom is -0.398 e. The van der Waals surface area contributed by atoms with Gasteiger partial charge in [-0.05, 0) is 46.8 Å². The SMILES string of the molecule is CCn1cc(C=C(F)B2OC(C)(C)C(C)(C)O2)c2ccccc21. The first kappa shape index (κ1) is 16.3. The van der Waals surface area contributed by atoms with Crippen LogP contribution >= 0.6 is 0 Å². The van der Waals surface area contributed by atoms with Crippen molar-refractivity contribution in [1.82, 2.24) is 4.57 Å². The zero-order valence-corrected chi connectivity index (χ0v) is 14.4. The van der Waals surface area contributed by atoms with Gasteiger partial charge >= 0.3 is 7.12 Å². The molecule has 0 saturated carbocycles. The molecule has 23 heavy (non-hydrogen) atoms. The predicted molar refractivity (Wildman–Crippen MR) is 92.8 cm³/mol. The van der Waals surface area contributed by atoms with Gasteiger partial charge in [-0.15, -0.1) is 0 Å². The highest BCUT2D eigenvalue weighted by Crippen LogP contribution is 2.39. The third-order valence-corrected chi connectivity index (χ3v) is 4.93. The molecular formula is C18H23BFNO2. The van der Waals surface area contributed by atoms with Crippen LogP contribution in [0.2, 0.25) is 0 Å². The van der Waals surface area contributed by atoms with Gasteiger partial charge in [-0.25, -0.2) is 4.39 Å². The Morgan fingerprint density at radius 1 is 1.17 bits per heavy atom.